The van der Waals surface area contributed by atoms with Gasteiger partial charge in [0.1, 0.15) is 23.0 Å². The van der Waals surface area contributed by atoms with Crippen LogP contribution in [0.2, 0.25) is 0 Å². The first kappa shape index (κ1) is 15.4. The monoisotopic (exact) mass is 326 g/mol. The topological polar surface area (TPSA) is 27.7 Å². The maximum Gasteiger partial charge on any atom is 0.138 e. The predicted octanol–water partition coefficient (Wildman–Crippen LogP) is 5.53. The van der Waals surface area contributed by atoms with Crippen molar-refractivity contribution in [3.05, 3.63) is 59.5 Å². The smallest absolute Gasteiger partial charge is 0.138 e. The summed E-state index contributed by atoms with van der Waals surface area (Å²) in [5, 5.41) is 2.07. The molecule has 0 N–H and O–H groups in total. The second-order valence-corrected chi connectivity index (χ2v) is 6.03. The largest absolute Gasteiger partial charge is 0.496 e. The summed E-state index contributed by atoms with van der Waals surface area (Å²) in [6.07, 6.45) is 0. The van der Waals surface area contributed by atoms with Crippen molar-refractivity contribution in [3.8, 4) is 33.4 Å². The van der Waals surface area contributed by atoms with E-state index in [-0.39, 0.29) is 0 Å². The molecule has 0 aliphatic heterocycles. The molecule has 0 unspecified atom stereocenters. The number of thiophene rings is 1. The highest BCUT2D eigenvalue weighted by molar-refractivity contribution is 7.13. The number of rotatable bonds is 5. The molecule has 0 spiro atoms. The summed E-state index contributed by atoms with van der Waals surface area (Å²) >= 11 is 1.70. The van der Waals surface area contributed by atoms with E-state index >= 15 is 0 Å². The van der Waals surface area contributed by atoms with E-state index in [1.807, 2.05) is 43.3 Å². The lowest BCUT2D eigenvalue weighted by molar-refractivity contribution is 0.386. The average Bonchev–Trinajstić information content (AvgIpc) is 3.10. The Balaban J connectivity index is 2.04. The summed E-state index contributed by atoms with van der Waals surface area (Å²) in [6.45, 7) is 2.05. The highest BCUT2D eigenvalue weighted by Gasteiger charge is 2.12. The number of ether oxygens (including phenoxy) is 3. The van der Waals surface area contributed by atoms with E-state index in [1.165, 1.54) is 4.88 Å². The van der Waals surface area contributed by atoms with Gasteiger partial charge in [-0.15, -0.1) is 11.3 Å². The summed E-state index contributed by atoms with van der Waals surface area (Å²) in [5.41, 5.74) is 2.17. The molecule has 0 radical (unpaired) electrons. The van der Waals surface area contributed by atoms with Crippen molar-refractivity contribution in [2.24, 2.45) is 0 Å². The number of benzene rings is 2. The highest BCUT2D eigenvalue weighted by atomic mass is 32.1. The summed E-state index contributed by atoms with van der Waals surface area (Å²) in [5.74, 6) is 2.94. The van der Waals surface area contributed by atoms with Crippen molar-refractivity contribution in [1.29, 1.82) is 0 Å². The molecule has 0 aliphatic rings. The molecule has 0 aliphatic carbocycles. The first-order valence-electron chi connectivity index (χ1n) is 7.25. The number of hydrogen-bond acceptors (Lipinski definition) is 4. The molecule has 3 aromatic rings. The number of para-hydroxylation sites is 1. The van der Waals surface area contributed by atoms with Gasteiger partial charge in [0.05, 0.1) is 14.2 Å². The fraction of sp³-hybridized carbons (Fsp3) is 0.158. The van der Waals surface area contributed by atoms with E-state index in [9.17, 15) is 0 Å². The Morgan fingerprint density at radius 3 is 2.13 bits per heavy atom. The van der Waals surface area contributed by atoms with Gasteiger partial charge >= 0.3 is 0 Å². The molecule has 0 bridgehead atoms. The lowest BCUT2D eigenvalue weighted by Gasteiger charge is -2.14. The van der Waals surface area contributed by atoms with Crippen LogP contribution in [0.5, 0.6) is 23.0 Å². The van der Waals surface area contributed by atoms with Gasteiger partial charge in [-0.05, 0) is 30.0 Å². The Morgan fingerprint density at radius 2 is 1.52 bits per heavy atom. The quantitative estimate of drug-likeness (QED) is 0.616. The van der Waals surface area contributed by atoms with Crippen LogP contribution in [0.25, 0.3) is 10.4 Å². The minimum Gasteiger partial charge on any atom is -0.496 e. The zero-order chi connectivity index (χ0) is 16.2. The molecule has 1 aromatic heterocycles. The van der Waals surface area contributed by atoms with Crippen molar-refractivity contribution in [1.82, 2.24) is 0 Å². The maximum absolute atomic E-state index is 6.20. The molecule has 118 valence electrons. The first-order valence-corrected chi connectivity index (χ1v) is 8.13. The standard InChI is InChI=1S/C19H18O3S/c1-13-6-4-7-17(18-8-5-9-23-18)19(13)22-16-11-14(20-2)10-15(12-16)21-3/h4-12H,1-3H3. The number of aryl methyl sites for hydroxylation is 1. The fourth-order valence-electron chi connectivity index (χ4n) is 2.37. The Labute approximate surface area is 140 Å². The lowest BCUT2D eigenvalue weighted by Crippen LogP contribution is -1.93. The van der Waals surface area contributed by atoms with Crippen LogP contribution in [0.1, 0.15) is 5.56 Å². The fourth-order valence-corrected chi connectivity index (χ4v) is 3.12. The molecule has 0 fully saturated rings. The molecular formula is C19H18O3S. The van der Waals surface area contributed by atoms with Crippen LogP contribution >= 0.6 is 11.3 Å². The van der Waals surface area contributed by atoms with Crippen LogP contribution in [-0.2, 0) is 0 Å². The van der Waals surface area contributed by atoms with Gasteiger partial charge in [0.2, 0.25) is 0 Å². The molecule has 0 amide bonds. The number of methoxy groups -OCH3 is 2. The first-order chi connectivity index (χ1) is 11.2. The third-order valence-corrected chi connectivity index (χ3v) is 4.45. The lowest BCUT2D eigenvalue weighted by atomic mass is 10.1. The normalized spacial score (nSPS) is 10.4. The molecule has 0 atom stereocenters. The highest BCUT2D eigenvalue weighted by Crippen LogP contribution is 2.39. The third-order valence-electron chi connectivity index (χ3n) is 3.54. The number of hydrogen-bond donors (Lipinski definition) is 0. The Bertz CT molecular complexity index is 772. The van der Waals surface area contributed by atoms with Crippen molar-refractivity contribution in [3.63, 3.8) is 0 Å². The van der Waals surface area contributed by atoms with Gasteiger partial charge in [-0.2, -0.15) is 0 Å². The van der Waals surface area contributed by atoms with Crippen LogP contribution in [0.15, 0.2) is 53.9 Å². The summed E-state index contributed by atoms with van der Waals surface area (Å²) in [6, 6.07) is 15.8. The third kappa shape index (κ3) is 3.32. The van der Waals surface area contributed by atoms with Crippen molar-refractivity contribution < 1.29 is 14.2 Å². The second kappa shape index (κ2) is 6.75. The van der Waals surface area contributed by atoms with Crippen molar-refractivity contribution in [2.45, 2.75) is 6.92 Å². The minimum absolute atomic E-state index is 0.688. The minimum atomic E-state index is 0.688. The van der Waals surface area contributed by atoms with Gasteiger partial charge in [0.15, 0.2) is 0 Å². The van der Waals surface area contributed by atoms with E-state index in [2.05, 4.69) is 17.5 Å². The van der Waals surface area contributed by atoms with Crippen LogP contribution in [0.4, 0.5) is 0 Å². The molecule has 3 rings (SSSR count). The Kier molecular flexibility index (Phi) is 4.53. The molecule has 2 aromatic carbocycles. The summed E-state index contributed by atoms with van der Waals surface area (Å²) < 4.78 is 16.8. The summed E-state index contributed by atoms with van der Waals surface area (Å²) in [7, 11) is 3.26. The van der Waals surface area contributed by atoms with Gasteiger partial charge in [-0.3, -0.25) is 0 Å². The summed E-state index contributed by atoms with van der Waals surface area (Å²) in [4.78, 5) is 1.18. The Hall–Kier alpha value is -2.46. The second-order valence-electron chi connectivity index (χ2n) is 5.08. The predicted molar refractivity (Wildman–Crippen MR) is 94.1 cm³/mol. The van der Waals surface area contributed by atoms with E-state index in [0.717, 1.165) is 16.9 Å². The Morgan fingerprint density at radius 1 is 0.826 bits per heavy atom. The van der Waals surface area contributed by atoms with E-state index in [4.69, 9.17) is 14.2 Å². The molecule has 0 saturated carbocycles. The SMILES string of the molecule is COc1cc(OC)cc(Oc2c(C)cccc2-c2cccs2)c1. The van der Waals surface area contributed by atoms with E-state index in [0.29, 0.717) is 17.2 Å². The van der Waals surface area contributed by atoms with Crippen molar-refractivity contribution in [2.75, 3.05) is 14.2 Å². The molecule has 1 heterocycles. The van der Waals surface area contributed by atoms with Gasteiger partial charge < -0.3 is 14.2 Å². The average molecular weight is 326 g/mol. The van der Waals surface area contributed by atoms with Crippen LogP contribution < -0.4 is 14.2 Å². The molecule has 0 saturated heterocycles. The molecule has 4 heteroatoms. The van der Waals surface area contributed by atoms with Crippen LogP contribution in [0.3, 0.4) is 0 Å². The van der Waals surface area contributed by atoms with Gasteiger partial charge in [0.25, 0.3) is 0 Å². The van der Waals surface area contributed by atoms with Crippen molar-refractivity contribution >= 4 is 11.3 Å². The zero-order valence-corrected chi connectivity index (χ0v) is 14.1. The van der Waals surface area contributed by atoms with Gasteiger partial charge in [-0.25, -0.2) is 0 Å². The van der Waals surface area contributed by atoms with Gasteiger partial charge in [-0.1, -0.05) is 18.2 Å². The van der Waals surface area contributed by atoms with Gasteiger partial charge in [0, 0.05) is 28.6 Å². The van der Waals surface area contributed by atoms with E-state index < -0.39 is 0 Å². The maximum atomic E-state index is 6.20. The van der Waals surface area contributed by atoms with Crippen LogP contribution in [-0.4, -0.2) is 14.2 Å². The zero-order valence-electron chi connectivity index (χ0n) is 13.3. The van der Waals surface area contributed by atoms with E-state index in [1.54, 1.807) is 25.6 Å². The molecular weight excluding hydrogens is 308 g/mol. The van der Waals surface area contributed by atoms with Crippen LogP contribution in [0, 0.1) is 6.92 Å². The molecule has 3 nitrogen and oxygen atoms in total. The molecule has 23 heavy (non-hydrogen) atoms.